The van der Waals surface area contributed by atoms with E-state index in [1.807, 2.05) is 49.5 Å². The molecule has 1 nitrogen and oxygen atoms in total. The van der Waals surface area contributed by atoms with Crippen LogP contribution in [0, 0.1) is 11.6 Å². The van der Waals surface area contributed by atoms with E-state index < -0.39 is 7.41 Å². The number of rotatable bonds is 5. The molecule has 29 heavy (non-hydrogen) atoms. The van der Waals surface area contributed by atoms with Gasteiger partial charge in [-0.1, -0.05) is 42.5 Å². The molecule has 0 aliphatic heterocycles. The molecule has 0 aliphatic carbocycles. The number of anilines is 1. The summed E-state index contributed by atoms with van der Waals surface area (Å²) in [4.78, 5) is 0. The SMILES string of the molecule is CN(c1ccc(F)cc1)[P+](c1ccccc1)(c1ccccc1)c1cccc(F)c1. The lowest BCUT2D eigenvalue weighted by Crippen LogP contribution is -2.42. The molecule has 0 heterocycles. The Kier molecular flexibility index (Phi) is 5.42. The number of halogens is 2. The molecule has 0 aliphatic rings. The smallest absolute Gasteiger partial charge is 0.202 e. The predicted octanol–water partition coefficient (Wildman–Crippen LogP) is 5.31. The Morgan fingerprint density at radius 2 is 1.07 bits per heavy atom. The molecule has 0 saturated heterocycles. The van der Waals surface area contributed by atoms with Gasteiger partial charge >= 0.3 is 0 Å². The van der Waals surface area contributed by atoms with E-state index >= 15 is 0 Å². The van der Waals surface area contributed by atoms with Gasteiger partial charge in [0.15, 0.2) is 0 Å². The summed E-state index contributed by atoms with van der Waals surface area (Å²) in [5.74, 6) is -0.553. The number of nitrogens with zero attached hydrogens (tertiary/aromatic N) is 1. The van der Waals surface area contributed by atoms with Crippen LogP contribution < -0.4 is 20.6 Å². The molecule has 0 atom stereocenters. The average molecular weight is 404 g/mol. The molecule has 4 rings (SSSR count). The van der Waals surface area contributed by atoms with E-state index in [0.717, 1.165) is 21.6 Å². The van der Waals surface area contributed by atoms with Gasteiger partial charge < -0.3 is 0 Å². The molecule has 4 heteroatoms. The van der Waals surface area contributed by atoms with Gasteiger partial charge in [-0.15, -0.1) is 0 Å². The van der Waals surface area contributed by atoms with E-state index in [0.29, 0.717) is 0 Å². The van der Waals surface area contributed by atoms with E-state index in [1.54, 1.807) is 24.3 Å². The first-order valence-electron chi connectivity index (χ1n) is 9.38. The second-order valence-electron chi connectivity index (χ2n) is 6.79. The molecule has 0 saturated carbocycles. The van der Waals surface area contributed by atoms with Gasteiger partial charge in [0, 0.05) is 13.1 Å². The fraction of sp³-hybridized carbons (Fsp3) is 0.0400. The molecule has 0 aromatic heterocycles. The van der Waals surface area contributed by atoms with E-state index in [9.17, 15) is 8.78 Å². The molecular formula is C25H21F2NP+. The summed E-state index contributed by atoms with van der Waals surface area (Å²) in [5.41, 5.74) is 0.872. The topological polar surface area (TPSA) is 3.24 Å². The normalized spacial score (nSPS) is 11.3. The Morgan fingerprint density at radius 1 is 0.552 bits per heavy atom. The van der Waals surface area contributed by atoms with E-state index in [2.05, 4.69) is 28.9 Å². The first-order chi connectivity index (χ1) is 14.1. The summed E-state index contributed by atoms with van der Waals surface area (Å²) in [6, 6.07) is 33.6. The zero-order valence-electron chi connectivity index (χ0n) is 16.0. The van der Waals surface area contributed by atoms with Gasteiger partial charge in [-0.25, -0.2) is 13.5 Å². The highest BCUT2D eigenvalue weighted by Crippen LogP contribution is 2.59. The van der Waals surface area contributed by atoms with E-state index in [1.165, 1.54) is 18.2 Å². The second kappa shape index (κ2) is 8.14. The van der Waals surface area contributed by atoms with Crippen molar-refractivity contribution in [3.8, 4) is 0 Å². The number of benzene rings is 4. The predicted molar refractivity (Wildman–Crippen MR) is 120 cm³/mol. The molecule has 0 spiro atoms. The van der Waals surface area contributed by atoms with Crippen molar-refractivity contribution in [1.29, 1.82) is 0 Å². The molecule has 0 radical (unpaired) electrons. The maximum Gasteiger partial charge on any atom is 0.202 e. The number of hydrogen-bond acceptors (Lipinski definition) is 1. The zero-order chi connectivity index (χ0) is 20.3. The highest BCUT2D eigenvalue weighted by molar-refractivity contribution is 7.96. The summed E-state index contributed by atoms with van der Waals surface area (Å²) in [5, 5.41) is 3.11. The molecule has 0 fully saturated rings. The maximum absolute atomic E-state index is 14.4. The minimum absolute atomic E-state index is 0.272. The lowest BCUT2D eigenvalue weighted by molar-refractivity contribution is 0.628. The average Bonchev–Trinajstić information content (AvgIpc) is 2.76. The van der Waals surface area contributed by atoms with Gasteiger partial charge in [0.05, 0.1) is 5.69 Å². The third kappa shape index (κ3) is 3.54. The van der Waals surface area contributed by atoms with Crippen molar-refractivity contribution < 1.29 is 8.78 Å². The lowest BCUT2D eigenvalue weighted by atomic mass is 10.3. The van der Waals surface area contributed by atoms with Crippen LogP contribution in [0.25, 0.3) is 0 Å². The van der Waals surface area contributed by atoms with Crippen molar-refractivity contribution in [3.05, 3.63) is 121 Å². The standard InChI is InChI=1S/C25H21F2NP/c1-28(22-17-15-20(26)16-18-22)29(23-10-4-2-5-11-23,24-12-6-3-7-13-24)25-14-8-9-21(27)19-25/h2-19H,1H3/q+1. The van der Waals surface area contributed by atoms with E-state index in [4.69, 9.17) is 0 Å². The zero-order valence-corrected chi connectivity index (χ0v) is 16.9. The van der Waals surface area contributed by atoms with Gasteiger partial charge in [0.25, 0.3) is 0 Å². The van der Waals surface area contributed by atoms with Crippen molar-refractivity contribution >= 4 is 29.0 Å². The molecule has 144 valence electrons. The van der Waals surface area contributed by atoms with Crippen LogP contribution in [-0.4, -0.2) is 7.05 Å². The van der Waals surface area contributed by atoms with Crippen LogP contribution in [0.3, 0.4) is 0 Å². The minimum Gasteiger partial charge on any atom is -0.237 e. The summed E-state index contributed by atoms with van der Waals surface area (Å²) in [6.45, 7) is 0. The molecule has 4 aromatic rings. The second-order valence-corrected chi connectivity index (χ2v) is 10.2. The van der Waals surface area contributed by atoms with Crippen LogP contribution in [0.2, 0.25) is 0 Å². The highest BCUT2D eigenvalue weighted by atomic mass is 31.2. The molecule has 0 bridgehead atoms. The molecular weight excluding hydrogens is 383 g/mol. The van der Waals surface area contributed by atoms with Gasteiger partial charge in [0.1, 0.15) is 27.5 Å². The lowest BCUT2D eigenvalue weighted by Gasteiger charge is -2.35. The third-order valence-electron chi connectivity index (χ3n) is 5.09. The maximum atomic E-state index is 14.4. The van der Waals surface area contributed by atoms with Crippen molar-refractivity contribution in [2.75, 3.05) is 11.7 Å². The summed E-state index contributed by atoms with van der Waals surface area (Å²) >= 11 is 0. The minimum atomic E-state index is -2.44. The Bertz CT molecular complexity index is 1040. The van der Waals surface area contributed by atoms with Gasteiger partial charge in [0.2, 0.25) is 7.41 Å². The molecule has 0 unspecified atom stereocenters. The van der Waals surface area contributed by atoms with Crippen molar-refractivity contribution in [2.45, 2.75) is 0 Å². The quantitative estimate of drug-likeness (QED) is 0.408. The third-order valence-corrected chi connectivity index (χ3v) is 9.34. The van der Waals surface area contributed by atoms with Crippen molar-refractivity contribution in [3.63, 3.8) is 0 Å². The van der Waals surface area contributed by atoms with E-state index in [-0.39, 0.29) is 11.6 Å². The van der Waals surface area contributed by atoms with Gasteiger partial charge in [-0.3, -0.25) is 0 Å². The Hall–Kier alpha value is -3.03. The van der Waals surface area contributed by atoms with Crippen LogP contribution in [0.15, 0.2) is 109 Å². The van der Waals surface area contributed by atoms with Crippen LogP contribution in [-0.2, 0) is 0 Å². The Balaban J connectivity index is 2.07. The Labute approximate surface area is 170 Å². The summed E-state index contributed by atoms with van der Waals surface area (Å²) in [7, 11) is -0.432. The van der Waals surface area contributed by atoms with Crippen LogP contribution in [0.1, 0.15) is 0 Å². The largest absolute Gasteiger partial charge is 0.237 e. The van der Waals surface area contributed by atoms with Crippen molar-refractivity contribution in [1.82, 2.24) is 0 Å². The van der Waals surface area contributed by atoms with Crippen LogP contribution in [0.4, 0.5) is 14.5 Å². The van der Waals surface area contributed by atoms with Crippen LogP contribution in [0.5, 0.6) is 0 Å². The highest BCUT2D eigenvalue weighted by Gasteiger charge is 2.50. The molecule has 0 N–H and O–H groups in total. The first-order valence-corrected chi connectivity index (χ1v) is 11.1. The first kappa shape index (κ1) is 19.3. The van der Waals surface area contributed by atoms with Gasteiger partial charge in [-0.2, -0.15) is 0 Å². The van der Waals surface area contributed by atoms with Crippen LogP contribution >= 0.6 is 7.41 Å². The fourth-order valence-corrected chi connectivity index (χ4v) is 7.99. The number of hydrogen-bond donors (Lipinski definition) is 0. The summed E-state index contributed by atoms with van der Waals surface area (Å²) in [6.07, 6.45) is 0. The van der Waals surface area contributed by atoms with Crippen molar-refractivity contribution in [2.24, 2.45) is 0 Å². The molecule has 0 amide bonds. The summed E-state index contributed by atoms with van der Waals surface area (Å²) < 4.78 is 30.2. The molecule has 4 aromatic carbocycles. The monoisotopic (exact) mass is 404 g/mol. The van der Waals surface area contributed by atoms with Gasteiger partial charge in [-0.05, 0) is 60.7 Å². The fourth-order valence-electron chi connectivity index (χ4n) is 3.76. The Morgan fingerprint density at radius 3 is 1.59 bits per heavy atom.